The summed E-state index contributed by atoms with van der Waals surface area (Å²) < 4.78 is 0. The molecule has 0 aromatic carbocycles. The molecule has 0 saturated carbocycles. The van der Waals surface area contributed by atoms with Gasteiger partial charge in [-0.15, -0.1) is 5.92 Å². The first-order chi connectivity index (χ1) is 4.06. The third-order valence-corrected chi connectivity index (χ3v) is 0.431. The van der Waals surface area contributed by atoms with Gasteiger partial charge in [0.2, 0.25) is 0 Å². The van der Waals surface area contributed by atoms with Gasteiger partial charge in [-0.25, -0.2) is 0 Å². The topological polar surface area (TPSA) is 20.2 Å². The largest absolute Gasteiger partial charge is 0.378 e. The highest BCUT2D eigenvalue weighted by Gasteiger charge is 2.03. The van der Waals surface area contributed by atoms with E-state index in [2.05, 4.69) is 49.1 Å². The molecule has 0 unspecified atom stereocenters. The Hall–Kier alpha value is 0.980. The molecule has 0 aliphatic rings. The van der Waals surface area contributed by atoms with E-state index in [-0.39, 0.29) is 0 Å². The minimum atomic E-state index is -0.811. The van der Waals surface area contributed by atoms with E-state index in [0.717, 1.165) is 0 Å². The highest BCUT2D eigenvalue weighted by Crippen LogP contribution is 1.95. The third-order valence-electron chi connectivity index (χ3n) is 0.431. The van der Waals surface area contributed by atoms with Crippen LogP contribution in [0.25, 0.3) is 0 Å². The van der Waals surface area contributed by atoms with Crippen LogP contribution in [-0.4, -0.2) is 10.7 Å². The van der Waals surface area contributed by atoms with Gasteiger partial charge < -0.3 is 5.11 Å². The van der Waals surface area contributed by atoms with Gasteiger partial charge in [0.15, 0.2) is 0 Å². The van der Waals surface area contributed by atoms with Crippen molar-refractivity contribution in [1.82, 2.24) is 0 Å². The average Bonchev–Trinajstić information content (AvgIpc) is 1.69. The first kappa shape index (κ1) is 12.6. The molecule has 0 radical (unpaired) electrons. The first-order valence-corrected chi connectivity index (χ1v) is 8.65. The van der Waals surface area contributed by atoms with Gasteiger partial charge in [-0.05, 0) is 20.8 Å². The van der Waals surface area contributed by atoms with Gasteiger partial charge in [-0.2, -0.15) is 0 Å². The molecule has 0 fully saturated rings. The van der Waals surface area contributed by atoms with Crippen LogP contribution in [0.5, 0.6) is 0 Å². The van der Waals surface area contributed by atoms with Crippen molar-refractivity contribution in [3.63, 3.8) is 0 Å². The highest BCUT2D eigenvalue weighted by molar-refractivity contribution is 15.0. The fourth-order valence-corrected chi connectivity index (χ4v) is 0.306. The minimum Gasteiger partial charge on any atom is -0.378 e. The summed E-state index contributed by atoms with van der Waals surface area (Å²) in [6, 6.07) is 0. The minimum absolute atomic E-state index is 0.811. The molecule has 1 N–H and O–H groups in total. The van der Waals surface area contributed by atoms with Gasteiger partial charge in [0, 0.05) is 37.2 Å². The first-order valence-electron chi connectivity index (χ1n) is 2.37. The van der Waals surface area contributed by atoms with Gasteiger partial charge in [0.25, 0.3) is 0 Å². The summed E-state index contributed by atoms with van der Waals surface area (Å²) in [5.41, 5.74) is -0.811. The summed E-state index contributed by atoms with van der Waals surface area (Å²) in [4.78, 5) is 0. The Morgan fingerprint density at radius 3 is 1.67 bits per heavy atom. The van der Waals surface area contributed by atoms with E-state index in [0.29, 0.717) is 0 Å². The predicted octanol–water partition coefficient (Wildman–Crippen LogP) is 2.55. The van der Waals surface area contributed by atoms with Crippen molar-refractivity contribution < 1.29 is 5.11 Å². The summed E-state index contributed by atoms with van der Waals surface area (Å²) in [6.45, 7) is 5.02. The van der Waals surface area contributed by atoms with Crippen LogP contribution in [0, 0.1) is 11.8 Å². The Balaban J connectivity index is 0. The second kappa shape index (κ2) is 7.09. The quantitative estimate of drug-likeness (QED) is 0.525. The lowest BCUT2D eigenvalue weighted by Crippen LogP contribution is -2.14. The van der Waals surface area contributed by atoms with Crippen molar-refractivity contribution in [2.24, 2.45) is 0 Å². The summed E-state index contributed by atoms with van der Waals surface area (Å²) in [6.07, 6.45) is 0. The van der Waals surface area contributed by atoms with Crippen LogP contribution in [0.4, 0.5) is 0 Å². The maximum atomic E-state index is 8.84. The molecular weight excluding hydrogens is 342 g/mol. The van der Waals surface area contributed by atoms with Gasteiger partial charge >= 0.3 is 0 Å². The third kappa shape index (κ3) is 17.6. The lowest BCUT2D eigenvalue weighted by molar-refractivity contribution is 0.143. The molecule has 0 spiro atoms. The molecule has 0 bridgehead atoms. The molecular formula is C6H10I2O. The SMILES string of the molecule is CC#CC(C)(C)O.II. The second-order valence-electron chi connectivity index (χ2n) is 1.93. The van der Waals surface area contributed by atoms with Crippen LogP contribution in [0.15, 0.2) is 0 Å². The van der Waals surface area contributed by atoms with Crippen molar-refractivity contribution in [3.05, 3.63) is 0 Å². The molecule has 0 atom stereocenters. The molecule has 0 amide bonds. The molecule has 1 nitrogen and oxygen atoms in total. The number of halogens is 2. The number of hydrogen-bond acceptors (Lipinski definition) is 1. The second-order valence-corrected chi connectivity index (χ2v) is 1.93. The smallest absolute Gasteiger partial charge is 0.119 e. The summed E-state index contributed by atoms with van der Waals surface area (Å²) in [5.74, 6) is 5.20. The number of hydrogen-bond donors (Lipinski definition) is 1. The molecule has 0 aliphatic carbocycles. The van der Waals surface area contributed by atoms with Crippen LogP contribution in [0.3, 0.4) is 0 Å². The van der Waals surface area contributed by atoms with Crippen molar-refractivity contribution >= 4 is 37.2 Å². The van der Waals surface area contributed by atoms with Crippen LogP contribution < -0.4 is 0 Å². The summed E-state index contributed by atoms with van der Waals surface area (Å²) in [7, 11) is 0. The Morgan fingerprint density at radius 2 is 1.67 bits per heavy atom. The van der Waals surface area contributed by atoms with E-state index in [1.165, 1.54) is 0 Å². The predicted molar refractivity (Wildman–Crippen MR) is 57.8 cm³/mol. The van der Waals surface area contributed by atoms with Crippen LogP contribution in [0.1, 0.15) is 20.8 Å². The molecule has 0 rings (SSSR count). The zero-order valence-corrected chi connectivity index (χ0v) is 10.0. The van der Waals surface area contributed by atoms with E-state index in [1.54, 1.807) is 20.8 Å². The zero-order valence-electron chi connectivity index (χ0n) is 5.70. The van der Waals surface area contributed by atoms with Gasteiger partial charge in [-0.1, -0.05) is 5.92 Å². The van der Waals surface area contributed by atoms with Crippen LogP contribution >= 0.6 is 37.2 Å². The zero-order chi connectivity index (χ0) is 7.91. The van der Waals surface area contributed by atoms with Crippen LogP contribution in [-0.2, 0) is 0 Å². The number of rotatable bonds is 0. The Kier molecular flexibility index (Phi) is 9.96. The molecule has 0 saturated heterocycles. The lowest BCUT2D eigenvalue weighted by atomic mass is 10.1. The highest BCUT2D eigenvalue weighted by atomic mass is 128. The van der Waals surface area contributed by atoms with Crippen molar-refractivity contribution in [3.8, 4) is 11.8 Å². The lowest BCUT2D eigenvalue weighted by Gasteiger charge is -2.04. The van der Waals surface area contributed by atoms with Gasteiger partial charge in [0.1, 0.15) is 5.60 Å². The monoisotopic (exact) mass is 352 g/mol. The van der Waals surface area contributed by atoms with Crippen molar-refractivity contribution in [2.45, 2.75) is 26.4 Å². The normalized spacial score (nSPS) is 8.22. The molecule has 0 heterocycles. The number of aliphatic hydroxyl groups is 1. The Labute approximate surface area is 79.9 Å². The summed E-state index contributed by atoms with van der Waals surface area (Å²) >= 11 is 4.24. The van der Waals surface area contributed by atoms with E-state index >= 15 is 0 Å². The Bertz CT molecular complexity index is 104. The maximum absolute atomic E-state index is 8.84. The maximum Gasteiger partial charge on any atom is 0.119 e. The molecule has 0 aliphatic heterocycles. The Morgan fingerprint density at radius 1 is 1.33 bits per heavy atom. The van der Waals surface area contributed by atoms with Crippen LogP contribution in [0.2, 0.25) is 0 Å². The van der Waals surface area contributed by atoms with E-state index < -0.39 is 5.60 Å². The molecule has 9 heavy (non-hydrogen) atoms. The van der Waals surface area contributed by atoms with Gasteiger partial charge in [-0.3, -0.25) is 0 Å². The molecule has 0 aromatic heterocycles. The summed E-state index contributed by atoms with van der Waals surface area (Å²) in [5, 5.41) is 8.84. The molecule has 54 valence electrons. The van der Waals surface area contributed by atoms with E-state index in [1.807, 2.05) is 0 Å². The average molecular weight is 352 g/mol. The molecule has 3 heteroatoms. The van der Waals surface area contributed by atoms with Crippen molar-refractivity contribution in [1.29, 1.82) is 0 Å². The fourth-order valence-electron chi connectivity index (χ4n) is 0.306. The van der Waals surface area contributed by atoms with E-state index in [9.17, 15) is 0 Å². The van der Waals surface area contributed by atoms with Crippen molar-refractivity contribution in [2.75, 3.05) is 0 Å². The van der Waals surface area contributed by atoms with Gasteiger partial charge in [0.05, 0.1) is 0 Å². The van der Waals surface area contributed by atoms with E-state index in [4.69, 9.17) is 5.11 Å². The standard InChI is InChI=1S/C6H10O.I2/c1-4-5-6(2,3)7;1-2/h7H,1-3H3;. The molecule has 0 aromatic rings. The fraction of sp³-hybridized carbons (Fsp3) is 0.667.